The van der Waals surface area contributed by atoms with Crippen molar-refractivity contribution in [3.8, 4) is 11.5 Å². The largest absolute Gasteiger partial charge is 0.496 e. The van der Waals surface area contributed by atoms with Crippen LogP contribution in [0.25, 0.3) is 0 Å². The molecule has 142 valence electrons. The number of nitrogen functional groups attached to an aromatic ring is 1. The fourth-order valence-corrected chi connectivity index (χ4v) is 3.22. The highest BCUT2D eigenvalue weighted by Gasteiger charge is 2.35. The van der Waals surface area contributed by atoms with Crippen LogP contribution in [0.3, 0.4) is 0 Å². The van der Waals surface area contributed by atoms with Crippen molar-refractivity contribution in [2.24, 2.45) is 0 Å². The van der Waals surface area contributed by atoms with Gasteiger partial charge in [-0.3, -0.25) is 9.59 Å². The van der Waals surface area contributed by atoms with Gasteiger partial charge < -0.3 is 25.4 Å². The third kappa shape index (κ3) is 3.64. The third-order valence-corrected chi connectivity index (χ3v) is 4.78. The lowest BCUT2D eigenvalue weighted by Gasteiger charge is -2.20. The molecule has 1 fully saturated rings. The quantitative estimate of drug-likeness (QED) is 0.766. The first kappa shape index (κ1) is 18.8. The molecule has 1 aliphatic heterocycles. The number of hydrogen-bond donors (Lipinski definition) is 2. The van der Waals surface area contributed by atoms with Crippen LogP contribution in [0.5, 0.6) is 11.5 Å². The van der Waals surface area contributed by atoms with Gasteiger partial charge in [0, 0.05) is 12.6 Å². The Kier molecular flexibility index (Phi) is 5.41. The van der Waals surface area contributed by atoms with Crippen LogP contribution in [0.4, 0.5) is 11.4 Å². The molecule has 0 aromatic heterocycles. The monoisotopic (exact) mass is 389 g/mol. The van der Waals surface area contributed by atoms with Gasteiger partial charge in [-0.25, -0.2) is 0 Å². The molecular weight excluding hydrogens is 370 g/mol. The second-order valence-corrected chi connectivity index (χ2v) is 6.46. The molecule has 1 unspecified atom stereocenters. The molecular formula is C19H20ClN3O4. The molecule has 1 aliphatic rings. The van der Waals surface area contributed by atoms with Crippen molar-refractivity contribution in [3.63, 3.8) is 0 Å². The molecule has 0 radical (unpaired) electrons. The second kappa shape index (κ2) is 7.75. The van der Waals surface area contributed by atoms with Crippen LogP contribution in [0.15, 0.2) is 36.4 Å². The minimum absolute atomic E-state index is 0.201. The fourth-order valence-electron chi connectivity index (χ4n) is 3.06. The van der Waals surface area contributed by atoms with Crippen molar-refractivity contribution in [2.75, 3.05) is 31.4 Å². The number of amides is 2. The standard InChI is InChI=1S/C19H20ClN3O4/c1-26-16-6-4-3-5-15(16)23-8-7-14(19(23)25)22-18(24)11-9-12(20)13(21)10-17(11)27-2/h3-6,9-10,14H,7-8,21H2,1-2H3,(H,22,24). The maximum atomic E-state index is 12.8. The summed E-state index contributed by atoms with van der Waals surface area (Å²) >= 11 is 6.02. The Balaban J connectivity index is 1.79. The van der Waals surface area contributed by atoms with E-state index in [1.165, 1.54) is 19.2 Å². The molecule has 1 saturated heterocycles. The van der Waals surface area contributed by atoms with Crippen LogP contribution in [0.1, 0.15) is 16.8 Å². The Morgan fingerprint density at radius 1 is 1.22 bits per heavy atom. The van der Waals surface area contributed by atoms with E-state index < -0.39 is 11.9 Å². The number of carbonyl (C=O) groups excluding carboxylic acids is 2. The van der Waals surface area contributed by atoms with E-state index in [1.54, 1.807) is 18.1 Å². The molecule has 1 atom stereocenters. The van der Waals surface area contributed by atoms with Crippen molar-refractivity contribution in [2.45, 2.75) is 12.5 Å². The molecule has 0 bridgehead atoms. The van der Waals surface area contributed by atoms with Crippen molar-refractivity contribution < 1.29 is 19.1 Å². The molecule has 3 N–H and O–H groups in total. The van der Waals surface area contributed by atoms with Crippen LogP contribution in [0.2, 0.25) is 5.02 Å². The van der Waals surface area contributed by atoms with Gasteiger partial charge in [-0.1, -0.05) is 23.7 Å². The normalized spacial score (nSPS) is 16.3. The highest BCUT2D eigenvalue weighted by molar-refractivity contribution is 6.33. The van der Waals surface area contributed by atoms with Gasteiger partial charge in [-0.05, 0) is 24.6 Å². The van der Waals surface area contributed by atoms with Crippen molar-refractivity contribution >= 4 is 34.8 Å². The van der Waals surface area contributed by atoms with Gasteiger partial charge in [0.1, 0.15) is 17.5 Å². The highest BCUT2D eigenvalue weighted by Crippen LogP contribution is 2.32. The Hall–Kier alpha value is -2.93. The van der Waals surface area contributed by atoms with E-state index in [-0.39, 0.29) is 16.5 Å². The van der Waals surface area contributed by atoms with Gasteiger partial charge in [0.15, 0.2) is 0 Å². The average molecular weight is 390 g/mol. The number of halogens is 1. The molecule has 1 heterocycles. The smallest absolute Gasteiger partial charge is 0.255 e. The lowest BCUT2D eigenvalue weighted by molar-refractivity contribution is -0.118. The summed E-state index contributed by atoms with van der Waals surface area (Å²) < 4.78 is 10.5. The Labute approximate surface area is 162 Å². The molecule has 2 aromatic rings. The van der Waals surface area contributed by atoms with E-state index in [0.717, 1.165) is 0 Å². The Morgan fingerprint density at radius 3 is 2.63 bits per heavy atom. The van der Waals surface area contributed by atoms with E-state index >= 15 is 0 Å². The molecule has 2 aromatic carbocycles. The van der Waals surface area contributed by atoms with E-state index in [9.17, 15) is 9.59 Å². The van der Waals surface area contributed by atoms with Gasteiger partial charge in [0.2, 0.25) is 5.91 Å². The van der Waals surface area contributed by atoms with Crippen LogP contribution in [-0.4, -0.2) is 38.6 Å². The van der Waals surface area contributed by atoms with Crippen molar-refractivity contribution in [1.29, 1.82) is 0 Å². The summed E-state index contributed by atoms with van der Waals surface area (Å²) in [4.78, 5) is 27.1. The molecule has 8 heteroatoms. The van der Waals surface area contributed by atoms with E-state index in [4.69, 9.17) is 26.8 Å². The van der Waals surface area contributed by atoms with E-state index in [0.29, 0.717) is 35.8 Å². The number of rotatable bonds is 5. The zero-order valence-corrected chi connectivity index (χ0v) is 15.7. The summed E-state index contributed by atoms with van der Waals surface area (Å²) in [5.41, 5.74) is 6.95. The maximum Gasteiger partial charge on any atom is 0.255 e. The molecule has 3 rings (SSSR count). The molecule has 27 heavy (non-hydrogen) atoms. The lowest BCUT2D eigenvalue weighted by Crippen LogP contribution is -2.41. The van der Waals surface area contributed by atoms with Crippen LogP contribution < -0.4 is 25.4 Å². The number of nitrogens with zero attached hydrogens (tertiary/aromatic N) is 1. The zero-order valence-electron chi connectivity index (χ0n) is 15.0. The first-order valence-corrected chi connectivity index (χ1v) is 8.72. The van der Waals surface area contributed by atoms with Crippen LogP contribution in [0, 0.1) is 0 Å². The third-order valence-electron chi connectivity index (χ3n) is 4.45. The predicted molar refractivity (Wildman–Crippen MR) is 104 cm³/mol. The number of nitrogens with two attached hydrogens (primary N) is 1. The van der Waals surface area contributed by atoms with Crippen LogP contribution >= 0.6 is 11.6 Å². The minimum atomic E-state index is -0.650. The number of anilines is 2. The number of ether oxygens (including phenoxy) is 2. The van der Waals surface area contributed by atoms with Gasteiger partial charge in [0.25, 0.3) is 5.91 Å². The number of benzene rings is 2. The second-order valence-electron chi connectivity index (χ2n) is 6.05. The van der Waals surface area contributed by atoms with Gasteiger partial charge in [-0.2, -0.15) is 0 Å². The average Bonchev–Trinajstić information content (AvgIpc) is 3.03. The zero-order chi connectivity index (χ0) is 19.6. The molecule has 0 saturated carbocycles. The van der Waals surface area contributed by atoms with Crippen LogP contribution in [-0.2, 0) is 4.79 Å². The number of nitrogens with one attached hydrogen (secondary N) is 1. The SMILES string of the molecule is COc1cc(N)c(Cl)cc1C(=O)NC1CCN(c2ccccc2OC)C1=O. The Bertz CT molecular complexity index is 887. The number of methoxy groups -OCH3 is 2. The lowest BCUT2D eigenvalue weighted by atomic mass is 10.1. The maximum absolute atomic E-state index is 12.8. The predicted octanol–water partition coefficient (Wildman–Crippen LogP) is 2.47. The first-order chi connectivity index (χ1) is 13.0. The molecule has 2 amide bonds. The minimum Gasteiger partial charge on any atom is -0.496 e. The van der Waals surface area contributed by atoms with Gasteiger partial charge >= 0.3 is 0 Å². The van der Waals surface area contributed by atoms with Crippen molar-refractivity contribution in [3.05, 3.63) is 47.0 Å². The molecule has 0 spiro atoms. The summed E-state index contributed by atoms with van der Waals surface area (Å²) in [6.45, 7) is 0.476. The summed E-state index contributed by atoms with van der Waals surface area (Å²) in [5.74, 6) is 0.244. The molecule has 7 nitrogen and oxygen atoms in total. The summed E-state index contributed by atoms with van der Waals surface area (Å²) in [5, 5.41) is 3.00. The van der Waals surface area contributed by atoms with Gasteiger partial charge in [-0.15, -0.1) is 0 Å². The van der Waals surface area contributed by atoms with Crippen molar-refractivity contribution in [1.82, 2.24) is 5.32 Å². The molecule has 0 aliphatic carbocycles. The number of hydrogen-bond acceptors (Lipinski definition) is 5. The van der Waals surface area contributed by atoms with E-state index in [1.807, 2.05) is 18.2 Å². The summed E-state index contributed by atoms with van der Waals surface area (Å²) in [6.07, 6.45) is 0.480. The number of para-hydroxylation sites is 2. The van der Waals surface area contributed by atoms with E-state index in [2.05, 4.69) is 5.32 Å². The first-order valence-electron chi connectivity index (χ1n) is 8.34. The fraction of sp³-hybridized carbons (Fsp3) is 0.263. The summed E-state index contributed by atoms with van der Waals surface area (Å²) in [6, 6.07) is 9.53. The summed E-state index contributed by atoms with van der Waals surface area (Å²) in [7, 11) is 2.99. The Morgan fingerprint density at radius 2 is 1.93 bits per heavy atom. The highest BCUT2D eigenvalue weighted by atomic mass is 35.5. The number of carbonyl (C=O) groups is 2. The topological polar surface area (TPSA) is 93.9 Å². The van der Waals surface area contributed by atoms with Gasteiger partial charge in [0.05, 0.1) is 36.2 Å².